The maximum Gasteiger partial charge on any atom is 0.246 e. The van der Waals surface area contributed by atoms with Gasteiger partial charge in [-0.15, -0.1) is 35.0 Å². The summed E-state index contributed by atoms with van der Waals surface area (Å²) in [6.07, 6.45) is 1.73. The molecule has 0 aliphatic heterocycles. The second-order valence-corrected chi connectivity index (χ2v) is 4.99. The molecule has 2 aromatic rings. The van der Waals surface area contributed by atoms with Gasteiger partial charge in [0.05, 0.1) is 12.6 Å². The minimum atomic E-state index is -0.633. The van der Waals surface area contributed by atoms with E-state index in [-0.39, 0.29) is 43.2 Å². The third-order valence-electron chi connectivity index (χ3n) is 3.01. The molecule has 8 nitrogen and oxygen atoms in total. The lowest BCUT2D eigenvalue weighted by molar-refractivity contribution is -0.125. The SMILES string of the molecule is CC(C)[C@H](N)C(=O)NCC(=O)Nc1nnc2ccccn12.Cl.Cl. The van der Waals surface area contributed by atoms with Crippen molar-refractivity contribution in [2.24, 2.45) is 11.7 Å². The predicted molar refractivity (Wildman–Crippen MR) is 91.9 cm³/mol. The molecule has 2 heterocycles. The number of nitrogens with two attached hydrogens (primary N) is 1. The van der Waals surface area contributed by atoms with E-state index in [2.05, 4.69) is 20.8 Å². The van der Waals surface area contributed by atoms with Crippen molar-refractivity contribution >= 4 is 48.2 Å². The number of fused-ring (bicyclic) bond motifs is 1. The third-order valence-corrected chi connectivity index (χ3v) is 3.01. The fourth-order valence-corrected chi connectivity index (χ4v) is 1.68. The number of amides is 2. The molecule has 10 heteroatoms. The molecule has 0 saturated carbocycles. The molecule has 0 aliphatic carbocycles. The zero-order chi connectivity index (χ0) is 15.4. The molecule has 0 fully saturated rings. The van der Waals surface area contributed by atoms with Crippen LogP contribution in [0, 0.1) is 5.92 Å². The number of carbonyl (C=O) groups excluding carboxylic acids is 2. The molecule has 23 heavy (non-hydrogen) atoms. The van der Waals surface area contributed by atoms with Gasteiger partial charge in [-0.25, -0.2) is 0 Å². The number of carbonyl (C=O) groups is 2. The van der Waals surface area contributed by atoms with Gasteiger partial charge in [0.2, 0.25) is 17.8 Å². The highest BCUT2D eigenvalue weighted by atomic mass is 35.5. The van der Waals surface area contributed by atoms with E-state index in [1.165, 1.54) is 0 Å². The van der Waals surface area contributed by atoms with E-state index >= 15 is 0 Å². The van der Waals surface area contributed by atoms with Crippen molar-refractivity contribution < 1.29 is 9.59 Å². The molecule has 1 atom stereocenters. The van der Waals surface area contributed by atoms with Crippen LogP contribution in [-0.2, 0) is 9.59 Å². The van der Waals surface area contributed by atoms with Gasteiger partial charge < -0.3 is 11.1 Å². The standard InChI is InChI=1S/C13H18N6O2.2ClH/c1-8(2)11(14)12(21)15-7-10(20)16-13-18-17-9-5-3-4-6-19(9)13;;/h3-6,8,11H,7,14H2,1-2H3,(H,15,21)(H,16,18,20);2*1H/t11-;;/m0../s1. The van der Waals surface area contributed by atoms with Crippen LogP contribution in [0.3, 0.4) is 0 Å². The average Bonchev–Trinajstić information content (AvgIpc) is 2.87. The molecule has 0 radical (unpaired) electrons. The highest BCUT2D eigenvalue weighted by molar-refractivity contribution is 5.94. The van der Waals surface area contributed by atoms with Crippen LogP contribution in [0.25, 0.3) is 5.65 Å². The lowest BCUT2D eigenvalue weighted by Crippen LogP contribution is -2.46. The fraction of sp³-hybridized carbons (Fsp3) is 0.385. The fourth-order valence-electron chi connectivity index (χ4n) is 1.68. The smallest absolute Gasteiger partial charge is 0.246 e. The summed E-state index contributed by atoms with van der Waals surface area (Å²) in [7, 11) is 0. The van der Waals surface area contributed by atoms with Crippen LogP contribution >= 0.6 is 24.8 Å². The first kappa shape index (κ1) is 21.1. The summed E-state index contributed by atoms with van der Waals surface area (Å²) >= 11 is 0. The Morgan fingerprint density at radius 2 is 1.96 bits per heavy atom. The Bertz CT molecular complexity index is 661. The molecule has 0 bridgehead atoms. The second-order valence-electron chi connectivity index (χ2n) is 4.99. The molecule has 0 aromatic carbocycles. The first-order valence-electron chi connectivity index (χ1n) is 6.62. The van der Waals surface area contributed by atoms with Crippen LogP contribution in [-0.4, -0.2) is 39.0 Å². The monoisotopic (exact) mass is 362 g/mol. The Balaban J connectivity index is 0.00000242. The Labute approximate surface area is 146 Å². The summed E-state index contributed by atoms with van der Waals surface area (Å²) < 4.78 is 1.64. The Morgan fingerprint density at radius 1 is 1.26 bits per heavy atom. The minimum Gasteiger partial charge on any atom is -0.346 e. The molecule has 128 valence electrons. The number of anilines is 1. The summed E-state index contributed by atoms with van der Waals surface area (Å²) in [5.41, 5.74) is 6.31. The van der Waals surface area contributed by atoms with Crippen molar-refractivity contribution in [2.45, 2.75) is 19.9 Å². The van der Waals surface area contributed by atoms with Crippen molar-refractivity contribution in [3.05, 3.63) is 24.4 Å². The summed E-state index contributed by atoms with van der Waals surface area (Å²) in [5.74, 6) is -0.435. The van der Waals surface area contributed by atoms with Crippen molar-refractivity contribution in [3.8, 4) is 0 Å². The Morgan fingerprint density at radius 3 is 2.61 bits per heavy atom. The van der Waals surface area contributed by atoms with Crippen LogP contribution in [0.4, 0.5) is 5.95 Å². The van der Waals surface area contributed by atoms with E-state index in [4.69, 9.17) is 5.73 Å². The maximum absolute atomic E-state index is 11.8. The van der Waals surface area contributed by atoms with Gasteiger partial charge in [-0.05, 0) is 18.1 Å². The molecule has 0 unspecified atom stereocenters. The molecule has 2 rings (SSSR count). The van der Waals surface area contributed by atoms with Crippen molar-refractivity contribution in [1.82, 2.24) is 19.9 Å². The van der Waals surface area contributed by atoms with Crippen LogP contribution in [0.1, 0.15) is 13.8 Å². The lowest BCUT2D eigenvalue weighted by Gasteiger charge is -2.14. The van der Waals surface area contributed by atoms with Gasteiger partial charge >= 0.3 is 0 Å². The minimum absolute atomic E-state index is 0. The van der Waals surface area contributed by atoms with Crippen LogP contribution in [0.5, 0.6) is 0 Å². The molecule has 0 saturated heterocycles. The molecular weight excluding hydrogens is 343 g/mol. The Hall–Kier alpha value is -1.90. The van der Waals surface area contributed by atoms with Crippen molar-refractivity contribution in [3.63, 3.8) is 0 Å². The van der Waals surface area contributed by atoms with Gasteiger partial charge in [-0.2, -0.15) is 0 Å². The van der Waals surface area contributed by atoms with E-state index in [1.807, 2.05) is 19.9 Å². The molecule has 2 amide bonds. The number of nitrogens with one attached hydrogen (secondary N) is 2. The van der Waals surface area contributed by atoms with Crippen molar-refractivity contribution in [1.29, 1.82) is 0 Å². The maximum atomic E-state index is 11.8. The van der Waals surface area contributed by atoms with Crippen LogP contribution in [0.15, 0.2) is 24.4 Å². The second kappa shape index (κ2) is 9.29. The highest BCUT2D eigenvalue weighted by Gasteiger charge is 2.18. The number of hydrogen-bond acceptors (Lipinski definition) is 5. The largest absolute Gasteiger partial charge is 0.346 e. The number of nitrogens with zero attached hydrogens (tertiary/aromatic N) is 3. The van der Waals surface area contributed by atoms with Gasteiger partial charge in [-0.1, -0.05) is 19.9 Å². The van der Waals surface area contributed by atoms with Gasteiger partial charge in [0.1, 0.15) is 0 Å². The molecular formula is C13H20Cl2N6O2. The Kier molecular flexibility index (Phi) is 8.52. The third kappa shape index (κ3) is 5.34. The molecule has 2 aromatic heterocycles. The number of rotatable bonds is 5. The molecule has 0 spiro atoms. The summed E-state index contributed by atoms with van der Waals surface area (Å²) in [6, 6.07) is 4.76. The van der Waals surface area contributed by atoms with Crippen molar-refractivity contribution in [2.75, 3.05) is 11.9 Å². The van der Waals surface area contributed by atoms with E-state index in [1.54, 1.807) is 22.7 Å². The summed E-state index contributed by atoms with van der Waals surface area (Å²) in [5, 5.41) is 12.9. The van der Waals surface area contributed by atoms with Gasteiger partial charge in [0.15, 0.2) is 5.65 Å². The zero-order valence-electron chi connectivity index (χ0n) is 12.7. The topological polar surface area (TPSA) is 114 Å². The van der Waals surface area contributed by atoms with E-state index in [0.717, 1.165) is 0 Å². The molecule has 4 N–H and O–H groups in total. The zero-order valence-corrected chi connectivity index (χ0v) is 14.4. The first-order chi connectivity index (χ1) is 9.99. The van der Waals surface area contributed by atoms with Crippen LogP contribution in [0.2, 0.25) is 0 Å². The number of pyridine rings is 1. The van der Waals surface area contributed by atoms with E-state index in [9.17, 15) is 9.59 Å². The lowest BCUT2D eigenvalue weighted by atomic mass is 10.1. The van der Waals surface area contributed by atoms with Gasteiger partial charge in [0, 0.05) is 6.20 Å². The van der Waals surface area contributed by atoms with Gasteiger partial charge in [0.25, 0.3) is 0 Å². The van der Waals surface area contributed by atoms with Crippen LogP contribution < -0.4 is 16.4 Å². The summed E-state index contributed by atoms with van der Waals surface area (Å²) in [4.78, 5) is 23.5. The number of aromatic nitrogens is 3. The van der Waals surface area contributed by atoms with Gasteiger partial charge in [-0.3, -0.25) is 19.3 Å². The predicted octanol–water partition coefficient (Wildman–Crippen LogP) is 0.611. The first-order valence-corrected chi connectivity index (χ1v) is 6.62. The average molecular weight is 363 g/mol. The molecule has 0 aliphatic rings. The number of halogens is 2. The normalized spacial score (nSPS) is 11.3. The number of hydrogen-bond donors (Lipinski definition) is 3. The van der Waals surface area contributed by atoms with E-state index in [0.29, 0.717) is 11.6 Å². The summed E-state index contributed by atoms with van der Waals surface area (Å²) in [6.45, 7) is 3.51. The highest BCUT2D eigenvalue weighted by Crippen LogP contribution is 2.06. The quantitative estimate of drug-likeness (QED) is 0.720. The van der Waals surface area contributed by atoms with E-state index < -0.39 is 11.9 Å².